The van der Waals surface area contributed by atoms with E-state index in [-0.39, 0.29) is 0 Å². The Hall–Kier alpha value is -1.02. The number of nitrogens with one attached hydrogen (secondary N) is 1. The maximum atomic E-state index is 5.58. The van der Waals surface area contributed by atoms with Crippen LogP contribution in [0.15, 0.2) is 24.3 Å². The summed E-state index contributed by atoms with van der Waals surface area (Å²) in [6.45, 7) is 5.16. The largest absolute Gasteiger partial charge is 0.494 e. The van der Waals surface area contributed by atoms with Gasteiger partial charge in [-0.15, -0.1) is 0 Å². The molecule has 0 spiro atoms. The zero-order valence-corrected chi connectivity index (χ0v) is 10.9. The van der Waals surface area contributed by atoms with E-state index in [1.807, 2.05) is 0 Å². The summed E-state index contributed by atoms with van der Waals surface area (Å²) in [4.78, 5) is 0. The van der Waals surface area contributed by atoms with Crippen molar-refractivity contribution < 1.29 is 4.74 Å². The molecule has 1 aromatic carbocycles. The lowest BCUT2D eigenvalue weighted by Crippen LogP contribution is -2.36. The minimum absolute atomic E-state index is 0.445. The van der Waals surface area contributed by atoms with Crippen LogP contribution in [0.4, 0.5) is 0 Å². The minimum atomic E-state index is 0.445. The molecule has 1 aromatic rings. The zero-order valence-electron chi connectivity index (χ0n) is 10.9. The van der Waals surface area contributed by atoms with Gasteiger partial charge in [-0.25, -0.2) is 0 Å². The quantitative estimate of drug-likeness (QED) is 0.809. The Labute approximate surface area is 104 Å². The molecule has 0 amide bonds. The highest BCUT2D eigenvalue weighted by Crippen LogP contribution is 2.23. The second-order valence-corrected chi connectivity index (χ2v) is 4.93. The van der Waals surface area contributed by atoms with Crippen LogP contribution in [0.25, 0.3) is 0 Å². The van der Waals surface area contributed by atoms with Crippen molar-refractivity contribution in [1.82, 2.24) is 5.32 Å². The predicted octanol–water partition coefficient (Wildman–Crippen LogP) is 3.68. The van der Waals surface area contributed by atoms with Gasteiger partial charge in [0.2, 0.25) is 0 Å². The lowest BCUT2D eigenvalue weighted by atomic mass is 9.92. The molecule has 1 aliphatic carbocycles. The van der Waals surface area contributed by atoms with Crippen molar-refractivity contribution in [1.29, 1.82) is 0 Å². The first-order chi connectivity index (χ1) is 8.29. The maximum Gasteiger partial charge on any atom is 0.119 e. The molecular formula is C15H23NO. The first-order valence-corrected chi connectivity index (χ1v) is 6.78. The number of benzene rings is 1. The summed E-state index contributed by atoms with van der Waals surface area (Å²) in [7, 11) is 0. The molecule has 2 nitrogen and oxygen atoms in total. The Balaban J connectivity index is 1.87. The monoisotopic (exact) mass is 233 g/mol. The molecule has 0 heterocycles. The van der Waals surface area contributed by atoms with E-state index in [1.165, 1.54) is 24.8 Å². The first-order valence-electron chi connectivity index (χ1n) is 6.78. The first kappa shape index (κ1) is 12.4. The number of hydrogen-bond donors (Lipinski definition) is 1. The number of ether oxygens (including phenoxy) is 1. The van der Waals surface area contributed by atoms with Gasteiger partial charge >= 0.3 is 0 Å². The van der Waals surface area contributed by atoms with E-state index >= 15 is 0 Å². The Morgan fingerprint density at radius 2 is 2.00 bits per heavy atom. The van der Waals surface area contributed by atoms with Crippen molar-refractivity contribution in [2.24, 2.45) is 0 Å². The van der Waals surface area contributed by atoms with E-state index in [0.717, 1.165) is 24.8 Å². The molecule has 2 heteroatoms. The van der Waals surface area contributed by atoms with Crippen molar-refractivity contribution in [2.75, 3.05) is 6.61 Å². The molecule has 1 unspecified atom stereocenters. The molecule has 0 aromatic heterocycles. The fourth-order valence-electron chi connectivity index (χ4n) is 2.10. The summed E-state index contributed by atoms with van der Waals surface area (Å²) < 4.78 is 5.58. The number of rotatable bonds is 6. The van der Waals surface area contributed by atoms with Gasteiger partial charge in [0.25, 0.3) is 0 Å². The minimum Gasteiger partial charge on any atom is -0.494 e. The summed E-state index contributed by atoms with van der Waals surface area (Å²) in [5, 5.41) is 3.65. The molecule has 2 rings (SSSR count). The van der Waals surface area contributed by atoms with Crippen LogP contribution >= 0.6 is 0 Å². The highest BCUT2D eigenvalue weighted by molar-refractivity contribution is 5.29. The summed E-state index contributed by atoms with van der Waals surface area (Å²) in [5.41, 5.74) is 1.35. The van der Waals surface area contributed by atoms with Gasteiger partial charge in [-0.1, -0.05) is 25.5 Å². The van der Waals surface area contributed by atoms with E-state index in [9.17, 15) is 0 Å². The Kier molecular flexibility index (Phi) is 4.43. The van der Waals surface area contributed by atoms with Crippen LogP contribution in [0.5, 0.6) is 5.75 Å². The normalized spacial score (nSPS) is 17.5. The van der Waals surface area contributed by atoms with Gasteiger partial charge in [-0.3, -0.25) is 0 Å². The van der Waals surface area contributed by atoms with Gasteiger partial charge in [-0.05, 0) is 43.9 Å². The molecule has 0 saturated heterocycles. The molecule has 1 atom stereocenters. The Morgan fingerprint density at radius 3 is 2.53 bits per heavy atom. The molecule has 94 valence electrons. The van der Waals surface area contributed by atoms with Crippen LogP contribution in [0, 0.1) is 0 Å². The molecular weight excluding hydrogens is 210 g/mol. The van der Waals surface area contributed by atoms with Crippen molar-refractivity contribution in [3.63, 3.8) is 0 Å². The van der Waals surface area contributed by atoms with Gasteiger partial charge in [-0.2, -0.15) is 0 Å². The average Bonchev–Trinajstić information content (AvgIpc) is 2.31. The van der Waals surface area contributed by atoms with Crippen LogP contribution in [0.1, 0.15) is 51.1 Å². The second kappa shape index (κ2) is 6.06. The van der Waals surface area contributed by atoms with Crippen LogP contribution in [-0.2, 0) is 0 Å². The lowest BCUT2D eigenvalue weighted by Gasteiger charge is -2.30. The smallest absolute Gasteiger partial charge is 0.119 e. The van der Waals surface area contributed by atoms with Gasteiger partial charge in [0.05, 0.1) is 6.61 Å². The van der Waals surface area contributed by atoms with E-state index in [4.69, 9.17) is 4.74 Å². The van der Waals surface area contributed by atoms with E-state index < -0.39 is 0 Å². The topological polar surface area (TPSA) is 21.3 Å². The van der Waals surface area contributed by atoms with Gasteiger partial charge in [0.1, 0.15) is 5.75 Å². The van der Waals surface area contributed by atoms with Crippen LogP contribution in [0.3, 0.4) is 0 Å². The SMILES string of the molecule is CCCOc1ccc(C(C)NC2CCC2)cc1. The van der Waals surface area contributed by atoms with Crippen LogP contribution < -0.4 is 10.1 Å². The zero-order chi connectivity index (χ0) is 12.1. The highest BCUT2D eigenvalue weighted by Gasteiger charge is 2.19. The Morgan fingerprint density at radius 1 is 1.29 bits per heavy atom. The fourth-order valence-corrected chi connectivity index (χ4v) is 2.10. The molecule has 1 N–H and O–H groups in total. The van der Waals surface area contributed by atoms with Gasteiger partial charge < -0.3 is 10.1 Å². The van der Waals surface area contributed by atoms with Crippen molar-refractivity contribution in [3.8, 4) is 5.75 Å². The summed E-state index contributed by atoms with van der Waals surface area (Å²) >= 11 is 0. The Bertz CT molecular complexity index is 329. The third-order valence-electron chi connectivity index (χ3n) is 3.44. The molecule has 0 aliphatic heterocycles. The summed E-state index contributed by atoms with van der Waals surface area (Å²) in [6, 6.07) is 9.66. The second-order valence-electron chi connectivity index (χ2n) is 4.93. The van der Waals surface area contributed by atoms with Gasteiger partial charge in [0, 0.05) is 12.1 Å². The van der Waals surface area contributed by atoms with Crippen molar-refractivity contribution >= 4 is 0 Å². The van der Waals surface area contributed by atoms with Crippen molar-refractivity contribution in [2.45, 2.75) is 51.6 Å². The van der Waals surface area contributed by atoms with Crippen LogP contribution in [0.2, 0.25) is 0 Å². The van der Waals surface area contributed by atoms with Gasteiger partial charge in [0.15, 0.2) is 0 Å². The third-order valence-corrected chi connectivity index (χ3v) is 3.44. The fraction of sp³-hybridized carbons (Fsp3) is 0.600. The average molecular weight is 233 g/mol. The summed E-state index contributed by atoms with van der Waals surface area (Å²) in [5.74, 6) is 0.978. The van der Waals surface area contributed by atoms with E-state index in [1.54, 1.807) is 0 Å². The third kappa shape index (κ3) is 3.47. The predicted molar refractivity (Wildman–Crippen MR) is 71.4 cm³/mol. The number of hydrogen-bond acceptors (Lipinski definition) is 2. The van der Waals surface area contributed by atoms with E-state index in [2.05, 4.69) is 43.4 Å². The van der Waals surface area contributed by atoms with E-state index in [0.29, 0.717) is 6.04 Å². The molecule has 1 saturated carbocycles. The standard InChI is InChI=1S/C15H23NO/c1-3-11-17-15-9-7-13(8-10-15)12(2)16-14-5-4-6-14/h7-10,12,14,16H,3-6,11H2,1-2H3. The lowest BCUT2D eigenvalue weighted by molar-refractivity contribution is 0.311. The molecule has 0 bridgehead atoms. The highest BCUT2D eigenvalue weighted by atomic mass is 16.5. The maximum absolute atomic E-state index is 5.58. The van der Waals surface area contributed by atoms with Crippen LogP contribution in [-0.4, -0.2) is 12.6 Å². The molecule has 17 heavy (non-hydrogen) atoms. The molecule has 1 aliphatic rings. The molecule has 1 fully saturated rings. The molecule has 0 radical (unpaired) electrons. The van der Waals surface area contributed by atoms with Crippen molar-refractivity contribution in [3.05, 3.63) is 29.8 Å². The summed E-state index contributed by atoms with van der Waals surface area (Å²) in [6.07, 6.45) is 5.11.